The molecule has 4 heterocycles. The maximum atomic E-state index is 13.4. The number of fused-ring (bicyclic) bond motifs is 1. The van der Waals surface area contributed by atoms with Gasteiger partial charge in [-0.3, -0.25) is 9.69 Å². The third-order valence-corrected chi connectivity index (χ3v) is 7.04. The van der Waals surface area contributed by atoms with E-state index in [0.717, 1.165) is 55.7 Å². The monoisotopic (exact) mass is 436 g/mol. The Morgan fingerprint density at radius 3 is 2.81 bits per heavy atom. The van der Waals surface area contributed by atoms with Gasteiger partial charge in [0.25, 0.3) is 5.56 Å². The van der Waals surface area contributed by atoms with Gasteiger partial charge in [0.15, 0.2) is 5.82 Å². The van der Waals surface area contributed by atoms with Crippen LogP contribution in [0.5, 0.6) is 0 Å². The Bertz CT molecular complexity index is 1160. The number of hydrogen-bond donors (Lipinski definition) is 1. The summed E-state index contributed by atoms with van der Waals surface area (Å²) in [7, 11) is 0. The number of aromatic nitrogens is 5. The number of hydrogen-bond acceptors (Lipinski definition) is 6. The van der Waals surface area contributed by atoms with Crippen LogP contribution in [-0.2, 0) is 11.3 Å². The number of likely N-dealkylation sites (tertiary alicyclic amines) is 1. The second-order valence-electron chi connectivity index (χ2n) is 9.58. The highest BCUT2D eigenvalue weighted by Gasteiger charge is 2.33. The molecule has 2 saturated heterocycles. The second-order valence-corrected chi connectivity index (χ2v) is 9.58. The second kappa shape index (κ2) is 8.75. The molecule has 3 atom stereocenters. The van der Waals surface area contributed by atoms with Crippen LogP contribution in [0.2, 0.25) is 0 Å². The molecule has 0 amide bonds. The van der Waals surface area contributed by atoms with Crippen LogP contribution in [0.3, 0.4) is 0 Å². The van der Waals surface area contributed by atoms with Crippen LogP contribution in [0.1, 0.15) is 61.2 Å². The van der Waals surface area contributed by atoms with Crippen molar-refractivity contribution in [3.63, 3.8) is 0 Å². The molecule has 2 aliphatic heterocycles. The topological polar surface area (TPSA) is 88.9 Å². The van der Waals surface area contributed by atoms with Gasteiger partial charge >= 0.3 is 0 Å². The summed E-state index contributed by atoms with van der Waals surface area (Å²) in [5.74, 6) is 1.29. The van der Waals surface area contributed by atoms with Crippen molar-refractivity contribution in [1.29, 1.82) is 0 Å². The third-order valence-electron chi connectivity index (χ3n) is 7.04. The fourth-order valence-electron chi connectivity index (χ4n) is 5.17. The Balaban J connectivity index is 1.61. The van der Waals surface area contributed by atoms with E-state index in [1.54, 1.807) is 0 Å². The van der Waals surface area contributed by atoms with Gasteiger partial charge < -0.3 is 9.72 Å². The average molecular weight is 437 g/mol. The molecule has 170 valence electrons. The number of H-pyrrole nitrogens is 1. The van der Waals surface area contributed by atoms with Crippen molar-refractivity contribution in [3.05, 3.63) is 51.1 Å². The maximum absolute atomic E-state index is 13.4. The van der Waals surface area contributed by atoms with Crippen molar-refractivity contribution < 1.29 is 4.74 Å². The average Bonchev–Trinajstić information content (AvgIpc) is 3.43. The molecule has 1 N–H and O–H groups in total. The molecule has 0 bridgehead atoms. The van der Waals surface area contributed by atoms with E-state index in [4.69, 9.17) is 4.74 Å². The van der Waals surface area contributed by atoms with Crippen LogP contribution in [0.4, 0.5) is 0 Å². The third kappa shape index (κ3) is 4.09. The number of rotatable bonds is 5. The van der Waals surface area contributed by atoms with Crippen molar-refractivity contribution in [2.24, 2.45) is 5.92 Å². The lowest BCUT2D eigenvalue weighted by Gasteiger charge is -2.36. The minimum absolute atomic E-state index is 0.0735. The fourth-order valence-corrected chi connectivity index (χ4v) is 5.17. The van der Waals surface area contributed by atoms with E-state index in [2.05, 4.69) is 58.3 Å². The first-order valence-corrected chi connectivity index (χ1v) is 11.8. The van der Waals surface area contributed by atoms with Gasteiger partial charge in [-0.2, -0.15) is 0 Å². The van der Waals surface area contributed by atoms with Crippen molar-refractivity contribution in [2.75, 3.05) is 19.7 Å². The summed E-state index contributed by atoms with van der Waals surface area (Å²) in [6, 6.07) is 5.95. The standard InChI is InChI=1S/C24H32N6O2/c1-15-6-4-8-29(13-15)22(23-26-27-28-30(23)14-19-7-5-9-32-19)20-12-18-10-16(2)17(3)11-21(18)25-24(20)31/h10-12,15,19,22H,4-9,13-14H2,1-3H3,(H,25,31)/t15-,19-,22-/m0/s1. The molecule has 1 aromatic carbocycles. The van der Waals surface area contributed by atoms with E-state index in [1.807, 2.05) is 10.7 Å². The summed E-state index contributed by atoms with van der Waals surface area (Å²) >= 11 is 0. The predicted molar refractivity (Wildman–Crippen MR) is 123 cm³/mol. The van der Waals surface area contributed by atoms with Gasteiger partial charge in [-0.25, -0.2) is 4.68 Å². The summed E-state index contributed by atoms with van der Waals surface area (Å²) in [5, 5.41) is 13.8. The number of aryl methyl sites for hydroxylation is 2. The van der Waals surface area contributed by atoms with Gasteiger partial charge in [0.05, 0.1) is 12.6 Å². The number of ether oxygens (including phenoxy) is 1. The molecule has 3 aromatic rings. The van der Waals surface area contributed by atoms with E-state index in [9.17, 15) is 4.79 Å². The Morgan fingerprint density at radius 1 is 1.19 bits per heavy atom. The minimum Gasteiger partial charge on any atom is -0.376 e. The van der Waals surface area contributed by atoms with E-state index < -0.39 is 0 Å². The normalized spacial score (nSPS) is 23.1. The molecule has 5 rings (SSSR count). The van der Waals surface area contributed by atoms with Gasteiger partial charge in [-0.05, 0) is 97.1 Å². The molecule has 0 aliphatic carbocycles. The Kier molecular flexibility index (Phi) is 5.82. The van der Waals surface area contributed by atoms with Crippen LogP contribution in [-0.4, -0.2) is 55.9 Å². The lowest BCUT2D eigenvalue weighted by Crippen LogP contribution is -2.41. The first kappa shape index (κ1) is 21.3. The van der Waals surface area contributed by atoms with Crippen molar-refractivity contribution >= 4 is 10.9 Å². The Labute approximate surface area is 188 Å². The lowest BCUT2D eigenvalue weighted by molar-refractivity contribution is 0.0889. The van der Waals surface area contributed by atoms with Gasteiger partial charge in [0.1, 0.15) is 6.04 Å². The summed E-state index contributed by atoms with van der Waals surface area (Å²) in [6.07, 6.45) is 4.52. The highest BCUT2D eigenvalue weighted by atomic mass is 16.5. The molecule has 0 unspecified atom stereocenters. The van der Waals surface area contributed by atoms with Crippen LogP contribution in [0.25, 0.3) is 10.9 Å². The molecule has 8 nitrogen and oxygen atoms in total. The SMILES string of the molecule is Cc1cc2cc([C@@H](c3nnnn3C[C@@H]3CCCO3)N3CCC[C@H](C)C3)c(=O)[nH]c2cc1C. The molecule has 0 spiro atoms. The number of pyridine rings is 1. The van der Waals surface area contributed by atoms with E-state index >= 15 is 0 Å². The number of nitrogens with zero attached hydrogens (tertiary/aromatic N) is 5. The van der Waals surface area contributed by atoms with Gasteiger partial charge in [0, 0.05) is 24.2 Å². The quantitative estimate of drug-likeness (QED) is 0.661. The smallest absolute Gasteiger partial charge is 0.253 e. The highest BCUT2D eigenvalue weighted by molar-refractivity contribution is 5.81. The van der Waals surface area contributed by atoms with Crippen LogP contribution in [0, 0.1) is 19.8 Å². The minimum atomic E-state index is -0.288. The van der Waals surface area contributed by atoms with Crippen molar-refractivity contribution in [1.82, 2.24) is 30.1 Å². The molecular weight excluding hydrogens is 404 g/mol. The van der Waals surface area contributed by atoms with Gasteiger partial charge in [-0.1, -0.05) is 6.92 Å². The van der Waals surface area contributed by atoms with E-state index in [-0.39, 0.29) is 17.7 Å². The number of nitrogens with one attached hydrogen (secondary N) is 1. The lowest BCUT2D eigenvalue weighted by atomic mass is 9.95. The number of piperidine rings is 1. The summed E-state index contributed by atoms with van der Waals surface area (Å²) in [4.78, 5) is 18.9. The Hall–Kier alpha value is -2.58. The first-order valence-electron chi connectivity index (χ1n) is 11.8. The highest BCUT2D eigenvalue weighted by Crippen LogP contribution is 2.31. The number of benzene rings is 1. The summed E-state index contributed by atoms with van der Waals surface area (Å²) in [5.41, 5.74) is 3.88. The van der Waals surface area contributed by atoms with Gasteiger partial charge in [-0.15, -0.1) is 5.10 Å². The molecule has 2 aromatic heterocycles. The number of aromatic amines is 1. The maximum Gasteiger partial charge on any atom is 0.253 e. The van der Waals surface area contributed by atoms with Gasteiger partial charge in [0.2, 0.25) is 0 Å². The van der Waals surface area contributed by atoms with Crippen LogP contribution >= 0.6 is 0 Å². The zero-order chi connectivity index (χ0) is 22.2. The Morgan fingerprint density at radius 2 is 2.03 bits per heavy atom. The number of tetrazole rings is 1. The van der Waals surface area contributed by atoms with Crippen molar-refractivity contribution in [3.8, 4) is 0 Å². The van der Waals surface area contributed by atoms with Crippen LogP contribution < -0.4 is 5.56 Å². The zero-order valence-corrected chi connectivity index (χ0v) is 19.2. The van der Waals surface area contributed by atoms with E-state index in [0.29, 0.717) is 18.0 Å². The largest absolute Gasteiger partial charge is 0.376 e. The summed E-state index contributed by atoms with van der Waals surface area (Å²) < 4.78 is 7.69. The van der Waals surface area contributed by atoms with E-state index in [1.165, 1.54) is 17.5 Å². The molecular formula is C24H32N6O2. The molecule has 8 heteroatoms. The predicted octanol–water partition coefficient (Wildman–Crippen LogP) is 3.13. The molecule has 2 fully saturated rings. The first-order chi connectivity index (χ1) is 15.5. The molecule has 2 aliphatic rings. The molecule has 32 heavy (non-hydrogen) atoms. The fraction of sp³-hybridized carbons (Fsp3) is 0.583. The molecule has 0 saturated carbocycles. The zero-order valence-electron chi connectivity index (χ0n) is 19.2. The van der Waals surface area contributed by atoms with Crippen LogP contribution in [0.15, 0.2) is 23.0 Å². The molecule has 0 radical (unpaired) electrons. The van der Waals surface area contributed by atoms with Crippen molar-refractivity contribution in [2.45, 2.75) is 65.1 Å². The summed E-state index contributed by atoms with van der Waals surface area (Å²) in [6.45, 7) is 9.69.